The lowest BCUT2D eigenvalue weighted by Gasteiger charge is -2.17. The van der Waals surface area contributed by atoms with Gasteiger partial charge in [-0.05, 0) is 56.3 Å². The van der Waals surface area contributed by atoms with Gasteiger partial charge in [0.05, 0.1) is 18.2 Å². The number of esters is 1. The van der Waals surface area contributed by atoms with Crippen LogP contribution < -0.4 is 10.7 Å². The minimum Gasteiger partial charge on any atom is -0.465 e. The maximum Gasteiger partial charge on any atom is 0.337 e. The third kappa shape index (κ3) is 3.77. The van der Waals surface area contributed by atoms with Crippen molar-refractivity contribution >= 4 is 40.1 Å². The Hall–Kier alpha value is -3.12. The van der Waals surface area contributed by atoms with E-state index in [-0.39, 0.29) is 11.6 Å². The molecule has 1 N–H and O–H groups in total. The Kier molecular flexibility index (Phi) is 5.51. The summed E-state index contributed by atoms with van der Waals surface area (Å²) in [5.41, 5.74) is 1.16. The van der Waals surface area contributed by atoms with Crippen molar-refractivity contribution in [1.82, 2.24) is 4.57 Å². The van der Waals surface area contributed by atoms with Gasteiger partial charge in [-0.15, -0.1) is 0 Å². The number of benzene rings is 2. The predicted molar refractivity (Wildman–Crippen MR) is 109 cm³/mol. The van der Waals surface area contributed by atoms with Gasteiger partial charge in [0.1, 0.15) is 5.56 Å². The second kappa shape index (κ2) is 7.86. The molecular formula is C21H19ClN2O4. The van der Waals surface area contributed by atoms with E-state index in [1.54, 1.807) is 36.5 Å². The fourth-order valence-corrected chi connectivity index (χ4v) is 3.09. The molecule has 1 aromatic heterocycles. The fraction of sp³-hybridized carbons (Fsp3) is 0.190. The first kappa shape index (κ1) is 19.6. The molecule has 0 saturated heterocycles. The summed E-state index contributed by atoms with van der Waals surface area (Å²) in [6.07, 6.45) is 1.56. The Morgan fingerprint density at radius 3 is 2.39 bits per heavy atom. The SMILES string of the molecule is COC(=O)c1ccc(NC(=O)c2cn(C(C)C)c3ccc(Cl)cc3c2=O)cc1. The Bertz CT molecular complexity index is 1120. The highest BCUT2D eigenvalue weighted by Crippen LogP contribution is 2.21. The van der Waals surface area contributed by atoms with Crippen molar-refractivity contribution in [2.75, 3.05) is 12.4 Å². The van der Waals surface area contributed by atoms with Crippen molar-refractivity contribution < 1.29 is 14.3 Å². The maximum absolute atomic E-state index is 12.9. The van der Waals surface area contributed by atoms with Crippen molar-refractivity contribution in [3.8, 4) is 0 Å². The first-order valence-corrected chi connectivity index (χ1v) is 9.03. The smallest absolute Gasteiger partial charge is 0.337 e. The van der Waals surface area contributed by atoms with Gasteiger partial charge in [-0.1, -0.05) is 11.6 Å². The maximum atomic E-state index is 12.9. The summed E-state index contributed by atoms with van der Waals surface area (Å²) in [5, 5.41) is 3.50. The summed E-state index contributed by atoms with van der Waals surface area (Å²) >= 11 is 6.05. The molecule has 1 heterocycles. The van der Waals surface area contributed by atoms with E-state index in [1.807, 2.05) is 18.4 Å². The van der Waals surface area contributed by atoms with Gasteiger partial charge >= 0.3 is 5.97 Å². The molecule has 3 aromatic rings. The zero-order valence-electron chi connectivity index (χ0n) is 15.7. The zero-order valence-corrected chi connectivity index (χ0v) is 16.4. The third-order valence-electron chi connectivity index (χ3n) is 4.36. The summed E-state index contributed by atoms with van der Waals surface area (Å²) in [5.74, 6) is -1.00. The summed E-state index contributed by atoms with van der Waals surface area (Å²) in [7, 11) is 1.30. The van der Waals surface area contributed by atoms with E-state index in [0.717, 1.165) is 0 Å². The third-order valence-corrected chi connectivity index (χ3v) is 4.59. The van der Waals surface area contributed by atoms with E-state index in [4.69, 9.17) is 11.6 Å². The van der Waals surface area contributed by atoms with Gasteiger partial charge in [0.2, 0.25) is 5.43 Å². The Morgan fingerprint density at radius 2 is 1.79 bits per heavy atom. The van der Waals surface area contributed by atoms with Crippen LogP contribution in [0.3, 0.4) is 0 Å². The molecule has 1 amide bonds. The van der Waals surface area contributed by atoms with E-state index in [1.165, 1.54) is 19.2 Å². The van der Waals surface area contributed by atoms with Gasteiger partial charge in [0.25, 0.3) is 5.91 Å². The number of nitrogens with zero attached hydrogens (tertiary/aromatic N) is 1. The quantitative estimate of drug-likeness (QED) is 0.665. The highest BCUT2D eigenvalue weighted by atomic mass is 35.5. The average molecular weight is 399 g/mol. The van der Waals surface area contributed by atoms with Crippen LogP contribution in [0.2, 0.25) is 5.02 Å². The molecule has 0 aliphatic rings. The first-order chi connectivity index (χ1) is 13.3. The Balaban J connectivity index is 2.00. The number of ether oxygens (including phenoxy) is 1. The van der Waals surface area contributed by atoms with Crippen LogP contribution in [0.4, 0.5) is 5.69 Å². The monoisotopic (exact) mass is 398 g/mol. The Morgan fingerprint density at radius 1 is 1.11 bits per heavy atom. The molecule has 0 fully saturated rings. The number of hydrogen-bond donors (Lipinski definition) is 1. The molecule has 0 spiro atoms. The Labute approximate surface area is 166 Å². The highest BCUT2D eigenvalue weighted by molar-refractivity contribution is 6.31. The van der Waals surface area contributed by atoms with Gasteiger partial charge in [-0.2, -0.15) is 0 Å². The second-order valence-electron chi connectivity index (χ2n) is 6.56. The van der Waals surface area contributed by atoms with Gasteiger partial charge in [0.15, 0.2) is 0 Å². The number of anilines is 1. The van der Waals surface area contributed by atoms with E-state index in [0.29, 0.717) is 27.2 Å². The van der Waals surface area contributed by atoms with E-state index in [2.05, 4.69) is 10.1 Å². The molecule has 0 saturated carbocycles. The summed E-state index contributed by atoms with van der Waals surface area (Å²) in [6.45, 7) is 3.93. The first-order valence-electron chi connectivity index (χ1n) is 8.66. The van der Waals surface area contributed by atoms with Crippen LogP contribution in [-0.4, -0.2) is 23.6 Å². The molecule has 7 heteroatoms. The van der Waals surface area contributed by atoms with Crippen molar-refractivity contribution in [2.24, 2.45) is 0 Å². The van der Waals surface area contributed by atoms with E-state index >= 15 is 0 Å². The van der Waals surface area contributed by atoms with Crippen LogP contribution in [0.15, 0.2) is 53.5 Å². The van der Waals surface area contributed by atoms with Crippen LogP contribution in [0.5, 0.6) is 0 Å². The van der Waals surface area contributed by atoms with Gasteiger partial charge in [-0.3, -0.25) is 9.59 Å². The molecule has 0 unspecified atom stereocenters. The van der Waals surface area contributed by atoms with Crippen molar-refractivity contribution in [3.05, 3.63) is 75.0 Å². The van der Waals surface area contributed by atoms with Gasteiger partial charge in [-0.25, -0.2) is 4.79 Å². The number of halogens is 1. The normalized spacial score (nSPS) is 10.9. The number of pyridine rings is 1. The number of methoxy groups -OCH3 is 1. The molecule has 0 atom stereocenters. The largest absolute Gasteiger partial charge is 0.465 e. The number of carbonyl (C=O) groups is 2. The minimum absolute atomic E-state index is 0.0144. The average Bonchev–Trinajstić information content (AvgIpc) is 2.68. The van der Waals surface area contributed by atoms with Gasteiger partial charge < -0.3 is 14.6 Å². The molecule has 28 heavy (non-hydrogen) atoms. The van der Waals surface area contributed by atoms with E-state index < -0.39 is 17.3 Å². The number of aromatic nitrogens is 1. The number of hydrogen-bond acceptors (Lipinski definition) is 4. The van der Waals surface area contributed by atoms with Crippen molar-refractivity contribution in [1.29, 1.82) is 0 Å². The molecule has 6 nitrogen and oxygen atoms in total. The number of amides is 1. The number of fused-ring (bicyclic) bond motifs is 1. The predicted octanol–water partition coefficient (Wildman–Crippen LogP) is 4.27. The standard InChI is InChI=1S/C21H19ClN2O4/c1-12(2)24-11-17(19(25)16-10-14(22)6-9-18(16)24)20(26)23-15-7-4-13(5-8-15)21(27)28-3/h4-12H,1-3H3,(H,23,26). The molecule has 0 aliphatic carbocycles. The molecule has 3 rings (SSSR count). The van der Waals surface area contributed by atoms with Crippen LogP contribution >= 0.6 is 11.6 Å². The number of rotatable bonds is 4. The summed E-state index contributed by atoms with van der Waals surface area (Å²) in [6, 6.07) is 11.3. The van der Waals surface area contributed by atoms with E-state index in [9.17, 15) is 14.4 Å². The minimum atomic E-state index is -0.535. The van der Waals surface area contributed by atoms with Crippen LogP contribution in [0.1, 0.15) is 40.6 Å². The lowest BCUT2D eigenvalue weighted by Crippen LogP contribution is -2.24. The molecule has 0 aliphatic heterocycles. The zero-order chi connectivity index (χ0) is 20.4. The lowest BCUT2D eigenvalue weighted by molar-refractivity contribution is 0.0600. The number of nitrogens with one attached hydrogen (secondary N) is 1. The van der Waals surface area contributed by atoms with Crippen LogP contribution in [0, 0.1) is 0 Å². The van der Waals surface area contributed by atoms with Gasteiger partial charge in [0, 0.05) is 28.3 Å². The summed E-state index contributed by atoms with van der Waals surface area (Å²) in [4.78, 5) is 37.1. The molecule has 2 aromatic carbocycles. The molecule has 0 radical (unpaired) electrons. The number of carbonyl (C=O) groups excluding carboxylic acids is 2. The highest BCUT2D eigenvalue weighted by Gasteiger charge is 2.17. The fourth-order valence-electron chi connectivity index (χ4n) is 2.92. The molecule has 0 bridgehead atoms. The van der Waals surface area contributed by atoms with Crippen molar-refractivity contribution in [2.45, 2.75) is 19.9 Å². The lowest BCUT2D eigenvalue weighted by atomic mass is 10.1. The summed E-state index contributed by atoms with van der Waals surface area (Å²) < 4.78 is 6.51. The van der Waals surface area contributed by atoms with Crippen molar-refractivity contribution in [3.63, 3.8) is 0 Å². The molecular weight excluding hydrogens is 380 g/mol. The topological polar surface area (TPSA) is 77.4 Å². The molecule has 144 valence electrons. The second-order valence-corrected chi connectivity index (χ2v) is 6.99. The van der Waals surface area contributed by atoms with Crippen LogP contribution in [-0.2, 0) is 4.74 Å². The van der Waals surface area contributed by atoms with Crippen LogP contribution in [0.25, 0.3) is 10.9 Å².